The second kappa shape index (κ2) is 4.66. The summed E-state index contributed by atoms with van der Waals surface area (Å²) < 4.78 is 0. The van der Waals surface area contributed by atoms with Gasteiger partial charge < -0.3 is 4.90 Å². The van der Waals surface area contributed by atoms with Crippen molar-refractivity contribution in [3.05, 3.63) is 28.8 Å². The van der Waals surface area contributed by atoms with Crippen LogP contribution in [0, 0.1) is 0 Å². The molecular weight excluding hydrogens is 268 g/mol. The SMILES string of the molecule is CC1(C)C(=O)NC(=O)CN1c1c(Cl)cccc1C=O. The third-order valence-corrected chi connectivity index (χ3v) is 3.51. The quantitative estimate of drug-likeness (QED) is 0.657. The fourth-order valence-corrected chi connectivity index (χ4v) is 2.34. The van der Waals surface area contributed by atoms with Crippen LogP contribution >= 0.6 is 11.6 Å². The average molecular weight is 281 g/mol. The Kier molecular flexibility index (Phi) is 3.32. The molecule has 6 heteroatoms. The van der Waals surface area contributed by atoms with Crippen LogP contribution in [-0.4, -0.2) is 30.2 Å². The molecule has 1 aliphatic heterocycles. The van der Waals surface area contributed by atoms with E-state index in [9.17, 15) is 14.4 Å². The highest BCUT2D eigenvalue weighted by Crippen LogP contribution is 2.34. The summed E-state index contributed by atoms with van der Waals surface area (Å²) in [5, 5.41) is 2.61. The maximum atomic E-state index is 11.9. The molecule has 0 saturated carbocycles. The molecule has 0 bridgehead atoms. The zero-order valence-corrected chi connectivity index (χ0v) is 11.3. The van der Waals surface area contributed by atoms with Crippen molar-refractivity contribution in [3.8, 4) is 0 Å². The summed E-state index contributed by atoms with van der Waals surface area (Å²) in [6.07, 6.45) is 0.661. The zero-order chi connectivity index (χ0) is 14.2. The van der Waals surface area contributed by atoms with E-state index in [2.05, 4.69) is 5.32 Å². The van der Waals surface area contributed by atoms with Gasteiger partial charge in [0.25, 0.3) is 5.91 Å². The van der Waals surface area contributed by atoms with Gasteiger partial charge in [0, 0.05) is 5.56 Å². The molecule has 0 spiro atoms. The van der Waals surface area contributed by atoms with Crippen molar-refractivity contribution in [1.29, 1.82) is 0 Å². The van der Waals surface area contributed by atoms with E-state index >= 15 is 0 Å². The molecular formula is C13H13ClN2O3. The van der Waals surface area contributed by atoms with Gasteiger partial charge in [-0.2, -0.15) is 0 Å². The number of benzene rings is 1. The summed E-state index contributed by atoms with van der Waals surface area (Å²) in [4.78, 5) is 36.1. The Balaban J connectivity index is 2.59. The van der Waals surface area contributed by atoms with Crippen molar-refractivity contribution in [3.63, 3.8) is 0 Å². The van der Waals surface area contributed by atoms with Crippen molar-refractivity contribution in [2.75, 3.05) is 11.4 Å². The Bertz CT molecular complexity index is 569. The summed E-state index contributed by atoms with van der Waals surface area (Å²) in [5.41, 5.74) is -0.202. The fourth-order valence-electron chi connectivity index (χ4n) is 2.05. The van der Waals surface area contributed by atoms with Crippen LogP contribution in [0.2, 0.25) is 5.02 Å². The molecule has 1 saturated heterocycles. The smallest absolute Gasteiger partial charge is 0.251 e. The highest BCUT2D eigenvalue weighted by Gasteiger charge is 2.42. The van der Waals surface area contributed by atoms with Crippen molar-refractivity contribution < 1.29 is 14.4 Å². The summed E-state index contributed by atoms with van der Waals surface area (Å²) in [6, 6.07) is 4.87. The summed E-state index contributed by atoms with van der Waals surface area (Å²) >= 11 is 6.12. The Hall–Kier alpha value is -1.88. The number of carbonyl (C=O) groups is 3. The van der Waals surface area contributed by atoms with Crippen molar-refractivity contribution in [1.82, 2.24) is 5.32 Å². The van der Waals surface area contributed by atoms with E-state index in [0.717, 1.165) is 0 Å². The first-order valence-corrected chi connectivity index (χ1v) is 6.11. The number of amides is 2. The number of hydrogen-bond acceptors (Lipinski definition) is 4. The number of carbonyl (C=O) groups excluding carboxylic acids is 3. The summed E-state index contributed by atoms with van der Waals surface area (Å²) in [7, 11) is 0. The normalized spacial score (nSPS) is 18.2. The molecule has 0 radical (unpaired) electrons. The molecule has 0 aliphatic carbocycles. The van der Waals surface area contributed by atoms with E-state index in [1.54, 1.807) is 36.9 Å². The lowest BCUT2D eigenvalue weighted by molar-refractivity contribution is -0.135. The van der Waals surface area contributed by atoms with Gasteiger partial charge in [0.15, 0.2) is 6.29 Å². The molecule has 1 aromatic carbocycles. The predicted molar refractivity (Wildman–Crippen MR) is 71.4 cm³/mol. The Morgan fingerprint density at radius 1 is 1.37 bits per heavy atom. The summed E-state index contributed by atoms with van der Waals surface area (Å²) in [5.74, 6) is -0.832. The number of halogens is 1. The van der Waals surface area contributed by atoms with Gasteiger partial charge in [0.1, 0.15) is 5.54 Å². The third kappa shape index (κ3) is 2.21. The molecule has 1 aliphatic rings. The molecule has 1 heterocycles. The number of rotatable bonds is 2. The molecule has 1 N–H and O–H groups in total. The summed E-state index contributed by atoms with van der Waals surface area (Å²) in [6.45, 7) is 3.32. The minimum atomic E-state index is -0.962. The molecule has 2 amide bonds. The van der Waals surface area contributed by atoms with E-state index in [1.165, 1.54) is 0 Å². The van der Waals surface area contributed by atoms with Crippen LogP contribution in [0.25, 0.3) is 0 Å². The molecule has 0 aromatic heterocycles. The fraction of sp³-hybridized carbons (Fsp3) is 0.308. The van der Waals surface area contributed by atoms with Crippen LogP contribution in [-0.2, 0) is 9.59 Å². The second-order valence-electron chi connectivity index (χ2n) is 4.82. The third-order valence-electron chi connectivity index (χ3n) is 3.20. The molecule has 0 atom stereocenters. The van der Waals surface area contributed by atoms with Crippen LogP contribution in [0.3, 0.4) is 0 Å². The largest absolute Gasteiger partial charge is 0.346 e. The van der Waals surface area contributed by atoms with E-state index in [0.29, 0.717) is 22.6 Å². The number of nitrogens with one attached hydrogen (secondary N) is 1. The number of para-hydroxylation sites is 1. The first-order valence-electron chi connectivity index (χ1n) is 5.73. The standard InChI is InChI=1S/C13H13ClN2O3/c1-13(2)12(19)15-10(18)6-16(13)11-8(7-17)4-3-5-9(11)14/h3-5,7H,6H2,1-2H3,(H,15,18,19). The number of imide groups is 1. The molecule has 2 rings (SSSR count). The molecule has 100 valence electrons. The van der Waals surface area contributed by atoms with Gasteiger partial charge in [-0.05, 0) is 26.0 Å². The van der Waals surface area contributed by atoms with Crippen LogP contribution < -0.4 is 10.2 Å². The number of anilines is 1. The van der Waals surface area contributed by atoms with E-state index in [1.807, 2.05) is 0 Å². The second-order valence-corrected chi connectivity index (χ2v) is 5.23. The highest BCUT2D eigenvalue weighted by atomic mass is 35.5. The minimum Gasteiger partial charge on any atom is -0.346 e. The van der Waals surface area contributed by atoms with Crippen molar-refractivity contribution >= 4 is 35.4 Å². The van der Waals surface area contributed by atoms with E-state index in [4.69, 9.17) is 11.6 Å². The van der Waals surface area contributed by atoms with Gasteiger partial charge in [0.2, 0.25) is 5.91 Å². The molecule has 5 nitrogen and oxygen atoms in total. The van der Waals surface area contributed by atoms with Gasteiger partial charge >= 0.3 is 0 Å². The van der Waals surface area contributed by atoms with Gasteiger partial charge in [-0.1, -0.05) is 17.7 Å². The Morgan fingerprint density at radius 2 is 2.05 bits per heavy atom. The topological polar surface area (TPSA) is 66.5 Å². The van der Waals surface area contributed by atoms with Crippen molar-refractivity contribution in [2.45, 2.75) is 19.4 Å². The Labute approximate surface area is 115 Å². The number of aldehydes is 1. The first kappa shape index (κ1) is 13.5. The van der Waals surface area contributed by atoms with Crippen LogP contribution in [0.4, 0.5) is 5.69 Å². The number of piperazine rings is 1. The van der Waals surface area contributed by atoms with E-state index < -0.39 is 17.4 Å². The maximum absolute atomic E-state index is 11.9. The maximum Gasteiger partial charge on any atom is 0.251 e. The minimum absolute atomic E-state index is 0.0245. The Morgan fingerprint density at radius 3 is 2.68 bits per heavy atom. The number of hydrogen-bond donors (Lipinski definition) is 1. The van der Waals surface area contributed by atoms with Gasteiger partial charge in [-0.3, -0.25) is 19.7 Å². The van der Waals surface area contributed by atoms with Gasteiger partial charge in [0.05, 0.1) is 17.3 Å². The molecule has 1 fully saturated rings. The van der Waals surface area contributed by atoms with Crippen LogP contribution in [0.1, 0.15) is 24.2 Å². The first-order chi connectivity index (χ1) is 8.87. The lowest BCUT2D eigenvalue weighted by Crippen LogP contribution is -2.64. The van der Waals surface area contributed by atoms with Gasteiger partial charge in [-0.25, -0.2) is 0 Å². The van der Waals surface area contributed by atoms with Crippen LogP contribution in [0.15, 0.2) is 18.2 Å². The predicted octanol–water partition coefficient (Wildman–Crippen LogP) is 1.39. The molecule has 0 unspecified atom stereocenters. The lowest BCUT2D eigenvalue weighted by atomic mass is 9.96. The van der Waals surface area contributed by atoms with Crippen molar-refractivity contribution in [2.24, 2.45) is 0 Å². The zero-order valence-electron chi connectivity index (χ0n) is 10.6. The number of nitrogens with zero attached hydrogens (tertiary/aromatic N) is 1. The average Bonchev–Trinajstić information content (AvgIpc) is 2.34. The highest BCUT2D eigenvalue weighted by molar-refractivity contribution is 6.34. The van der Waals surface area contributed by atoms with Gasteiger partial charge in [-0.15, -0.1) is 0 Å². The molecule has 1 aromatic rings. The van der Waals surface area contributed by atoms with Crippen LogP contribution in [0.5, 0.6) is 0 Å². The molecule has 19 heavy (non-hydrogen) atoms. The van der Waals surface area contributed by atoms with E-state index in [-0.39, 0.29) is 6.54 Å². The monoisotopic (exact) mass is 280 g/mol. The lowest BCUT2D eigenvalue weighted by Gasteiger charge is -2.42.